The predicted octanol–water partition coefficient (Wildman–Crippen LogP) is 3.89. The van der Waals surface area contributed by atoms with Crippen LogP contribution in [-0.2, 0) is 4.79 Å². The molecule has 1 heterocycles. The number of hydrogen-bond donors (Lipinski definition) is 1. The molecule has 1 aliphatic heterocycles. The Morgan fingerprint density at radius 2 is 1.76 bits per heavy atom. The molecule has 0 spiro atoms. The van der Waals surface area contributed by atoms with E-state index >= 15 is 0 Å². The molecule has 1 aliphatic rings. The van der Waals surface area contributed by atoms with Gasteiger partial charge in [-0.1, -0.05) is 47.0 Å². The SMILES string of the molecule is CC(N[C@H](C)c1ccccc1Br)C(=O)N1CCCCCC1. The van der Waals surface area contributed by atoms with E-state index in [1.165, 1.54) is 18.4 Å². The van der Waals surface area contributed by atoms with Crippen molar-refractivity contribution in [2.45, 2.75) is 51.6 Å². The van der Waals surface area contributed by atoms with E-state index in [0.717, 1.165) is 30.4 Å². The van der Waals surface area contributed by atoms with Crippen molar-refractivity contribution in [3.63, 3.8) is 0 Å². The largest absolute Gasteiger partial charge is 0.341 e. The standard InChI is InChI=1S/C17H25BrN2O/c1-13(15-9-5-6-10-16(15)18)19-14(2)17(21)20-11-7-3-4-8-12-20/h5-6,9-10,13-14,19H,3-4,7-8,11-12H2,1-2H3/t13-,14?/m1/s1. The van der Waals surface area contributed by atoms with Gasteiger partial charge in [-0.2, -0.15) is 0 Å². The fourth-order valence-corrected chi connectivity index (χ4v) is 3.56. The number of amides is 1. The van der Waals surface area contributed by atoms with Gasteiger partial charge >= 0.3 is 0 Å². The molecule has 1 N–H and O–H groups in total. The quantitative estimate of drug-likeness (QED) is 0.891. The first kappa shape index (κ1) is 16.5. The van der Waals surface area contributed by atoms with Crippen LogP contribution in [-0.4, -0.2) is 29.9 Å². The second kappa shape index (κ2) is 7.95. The molecule has 116 valence electrons. The van der Waals surface area contributed by atoms with Gasteiger partial charge in [0.15, 0.2) is 0 Å². The number of halogens is 1. The Hall–Kier alpha value is -0.870. The lowest BCUT2D eigenvalue weighted by Gasteiger charge is -2.27. The molecular formula is C17H25BrN2O. The molecule has 4 heteroatoms. The van der Waals surface area contributed by atoms with Crippen LogP contribution in [0.5, 0.6) is 0 Å². The Morgan fingerprint density at radius 1 is 1.14 bits per heavy atom. The highest BCUT2D eigenvalue weighted by atomic mass is 79.9. The molecular weight excluding hydrogens is 328 g/mol. The van der Waals surface area contributed by atoms with Crippen LogP contribution in [0.1, 0.15) is 51.1 Å². The van der Waals surface area contributed by atoms with Crippen molar-refractivity contribution in [2.75, 3.05) is 13.1 Å². The molecule has 3 nitrogen and oxygen atoms in total. The maximum absolute atomic E-state index is 12.6. The molecule has 0 aliphatic carbocycles. The van der Waals surface area contributed by atoms with Crippen LogP contribution in [0.15, 0.2) is 28.7 Å². The van der Waals surface area contributed by atoms with Crippen LogP contribution >= 0.6 is 15.9 Å². The normalized spacial score (nSPS) is 18.9. The third kappa shape index (κ3) is 4.55. The summed E-state index contributed by atoms with van der Waals surface area (Å²) >= 11 is 3.58. The summed E-state index contributed by atoms with van der Waals surface area (Å²) in [5, 5.41) is 3.43. The van der Waals surface area contributed by atoms with Crippen LogP contribution in [0.4, 0.5) is 0 Å². The minimum atomic E-state index is -0.148. The number of nitrogens with one attached hydrogen (secondary N) is 1. The molecule has 1 unspecified atom stereocenters. The van der Waals surface area contributed by atoms with Crippen LogP contribution in [0.2, 0.25) is 0 Å². The highest BCUT2D eigenvalue weighted by Gasteiger charge is 2.23. The zero-order valence-electron chi connectivity index (χ0n) is 12.9. The first-order chi connectivity index (χ1) is 10.1. The Balaban J connectivity index is 1.95. The first-order valence-corrected chi connectivity index (χ1v) is 8.68. The monoisotopic (exact) mass is 352 g/mol. The topological polar surface area (TPSA) is 32.3 Å². The van der Waals surface area contributed by atoms with Crippen LogP contribution in [0.3, 0.4) is 0 Å². The Kier molecular flexibility index (Phi) is 6.24. The number of benzene rings is 1. The molecule has 2 atom stereocenters. The molecule has 2 rings (SSSR count). The van der Waals surface area contributed by atoms with E-state index in [1.54, 1.807) is 0 Å². The molecule has 1 aromatic rings. The summed E-state index contributed by atoms with van der Waals surface area (Å²) in [7, 11) is 0. The fraction of sp³-hybridized carbons (Fsp3) is 0.588. The Bertz CT molecular complexity index is 470. The zero-order valence-corrected chi connectivity index (χ0v) is 14.5. The molecule has 0 aromatic heterocycles. The summed E-state index contributed by atoms with van der Waals surface area (Å²) in [4.78, 5) is 14.6. The van der Waals surface area contributed by atoms with Crippen molar-refractivity contribution in [3.05, 3.63) is 34.3 Å². The van der Waals surface area contributed by atoms with Gasteiger partial charge in [-0.15, -0.1) is 0 Å². The van der Waals surface area contributed by atoms with Gasteiger partial charge in [-0.05, 0) is 38.3 Å². The minimum Gasteiger partial charge on any atom is -0.341 e. The average molecular weight is 353 g/mol. The third-order valence-corrected chi connectivity index (χ3v) is 4.88. The van der Waals surface area contributed by atoms with E-state index in [4.69, 9.17) is 0 Å². The van der Waals surface area contributed by atoms with Crippen molar-refractivity contribution in [2.24, 2.45) is 0 Å². The number of carbonyl (C=O) groups excluding carboxylic acids is 1. The molecule has 1 amide bonds. The minimum absolute atomic E-state index is 0.145. The second-order valence-corrected chi connectivity index (χ2v) is 6.73. The van der Waals surface area contributed by atoms with Crippen molar-refractivity contribution < 1.29 is 4.79 Å². The third-order valence-electron chi connectivity index (χ3n) is 4.16. The van der Waals surface area contributed by atoms with E-state index in [9.17, 15) is 4.79 Å². The lowest BCUT2D eigenvalue weighted by molar-refractivity contribution is -0.133. The molecule has 1 aromatic carbocycles. The Labute approximate surface area is 136 Å². The molecule has 0 radical (unpaired) electrons. The lowest BCUT2D eigenvalue weighted by Crippen LogP contribution is -2.46. The predicted molar refractivity (Wildman–Crippen MR) is 90.2 cm³/mol. The van der Waals surface area contributed by atoms with Crippen LogP contribution in [0, 0.1) is 0 Å². The average Bonchev–Trinajstić information content (AvgIpc) is 2.75. The summed E-state index contributed by atoms with van der Waals surface area (Å²) in [5.74, 6) is 0.232. The van der Waals surface area contributed by atoms with Crippen molar-refractivity contribution >= 4 is 21.8 Å². The first-order valence-electron chi connectivity index (χ1n) is 7.89. The number of carbonyl (C=O) groups is 1. The van der Waals surface area contributed by atoms with Gasteiger partial charge in [0.2, 0.25) is 5.91 Å². The number of rotatable bonds is 4. The number of hydrogen-bond acceptors (Lipinski definition) is 2. The van der Waals surface area contributed by atoms with E-state index < -0.39 is 0 Å². The maximum atomic E-state index is 12.6. The highest BCUT2D eigenvalue weighted by Crippen LogP contribution is 2.23. The second-order valence-electron chi connectivity index (χ2n) is 5.87. The smallest absolute Gasteiger partial charge is 0.239 e. The van der Waals surface area contributed by atoms with Gasteiger partial charge in [-0.3, -0.25) is 10.1 Å². The van der Waals surface area contributed by atoms with Gasteiger partial charge < -0.3 is 4.90 Å². The summed E-state index contributed by atoms with van der Waals surface area (Å²) in [6.45, 7) is 5.90. The molecule has 0 saturated carbocycles. The number of likely N-dealkylation sites (tertiary alicyclic amines) is 1. The van der Waals surface area contributed by atoms with Gasteiger partial charge in [0.1, 0.15) is 0 Å². The van der Waals surface area contributed by atoms with Gasteiger partial charge in [0.25, 0.3) is 0 Å². The number of nitrogens with zero attached hydrogens (tertiary/aromatic N) is 1. The molecule has 0 bridgehead atoms. The summed E-state index contributed by atoms with van der Waals surface area (Å²) in [5.41, 5.74) is 1.19. The lowest BCUT2D eigenvalue weighted by atomic mass is 10.1. The molecule has 1 fully saturated rings. The van der Waals surface area contributed by atoms with E-state index in [0.29, 0.717) is 0 Å². The van der Waals surface area contributed by atoms with Gasteiger partial charge in [0, 0.05) is 23.6 Å². The van der Waals surface area contributed by atoms with Gasteiger partial charge in [-0.25, -0.2) is 0 Å². The van der Waals surface area contributed by atoms with E-state index in [2.05, 4.69) is 34.2 Å². The zero-order chi connectivity index (χ0) is 15.2. The van der Waals surface area contributed by atoms with Crippen LogP contribution < -0.4 is 5.32 Å². The van der Waals surface area contributed by atoms with E-state index in [1.807, 2.05) is 30.0 Å². The summed E-state index contributed by atoms with van der Waals surface area (Å²) < 4.78 is 1.08. The maximum Gasteiger partial charge on any atom is 0.239 e. The molecule has 1 saturated heterocycles. The van der Waals surface area contributed by atoms with Crippen LogP contribution in [0.25, 0.3) is 0 Å². The Morgan fingerprint density at radius 3 is 2.38 bits per heavy atom. The fourth-order valence-electron chi connectivity index (χ4n) is 2.93. The highest BCUT2D eigenvalue weighted by molar-refractivity contribution is 9.10. The summed E-state index contributed by atoms with van der Waals surface area (Å²) in [6, 6.07) is 8.16. The van der Waals surface area contributed by atoms with Gasteiger partial charge in [0.05, 0.1) is 6.04 Å². The van der Waals surface area contributed by atoms with Crippen molar-refractivity contribution in [3.8, 4) is 0 Å². The summed E-state index contributed by atoms with van der Waals surface area (Å²) in [6.07, 6.45) is 4.77. The van der Waals surface area contributed by atoms with Crippen molar-refractivity contribution in [1.29, 1.82) is 0 Å². The molecule has 21 heavy (non-hydrogen) atoms. The van der Waals surface area contributed by atoms with E-state index in [-0.39, 0.29) is 18.0 Å². The van der Waals surface area contributed by atoms with Crippen molar-refractivity contribution in [1.82, 2.24) is 10.2 Å².